The molecule has 1 aliphatic carbocycles. The van der Waals surface area contributed by atoms with Gasteiger partial charge in [0.2, 0.25) is 0 Å². The Labute approximate surface area is 97.1 Å². The summed E-state index contributed by atoms with van der Waals surface area (Å²) >= 11 is 0. The van der Waals surface area contributed by atoms with Crippen molar-refractivity contribution in [2.45, 2.75) is 39.7 Å². The van der Waals surface area contributed by atoms with Gasteiger partial charge < -0.3 is 5.32 Å². The number of hydrogen-bond acceptors (Lipinski definition) is 1. The van der Waals surface area contributed by atoms with Gasteiger partial charge >= 0.3 is 0 Å². The molecule has 1 unspecified atom stereocenters. The maximum atomic E-state index is 13.2. The molecule has 2 rings (SSSR count). The molecule has 0 saturated heterocycles. The monoisotopic (exact) mass is 221 g/mol. The third kappa shape index (κ3) is 2.62. The second-order valence-electron chi connectivity index (χ2n) is 5.88. The molecule has 2 heteroatoms. The minimum Gasteiger partial charge on any atom is -0.309 e. The number of nitrogens with one attached hydrogen (secondary N) is 1. The van der Waals surface area contributed by atoms with Crippen LogP contribution >= 0.6 is 0 Å². The van der Waals surface area contributed by atoms with E-state index in [0.717, 1.165) is 24.9 Å². The van der Waals surface area contributed by atoms with Gasteiger partial charge in [0.15, 0.2) is 0 Å². The molecule has 1 nitrogen and oxygen atoms in total. The van der Waals surface area contributed by atoms with Crippen molar-refractivity contribution in [3.05, 3.63) is 35.1 Å². The van der Waals surface area contributed by atoms with Crippen LogP contribution in [0.1, 0.15) is 44.4 Å². The van der Waals surface area contributed by atoms with Gasteiger partial charge in [0.1, 0.15) is 5.82 Å². The molecular weight excluding hydrogens is 201 g/mol. The number of halogens is 1. The molecule has 0 heterocycles. The van der Waals surface area contributed by atoms with E-state index in [-0.39, 0.29) is 11.2 Å². The van der Waals surface area contributed by atoms with Crippen LogP contribution in [0.4, 0.5) is 4.39 Å². The Kier molecular flexibility index (Phi) is 3.02. The van der Waals surface area contributed by atoms with E-state index in [9.17, 15) is 4.39 Å². The highest BCUT2D eigenvalue weighted by molar-refractivity contribution is 5.34. The van der Waals surface area contributed by atoms with E-state index in [4.69, 9.17) is 0 Å². The summed E-state index contributed by atoms with van der Waals surface area (Å²) in [7, 11) is 0. The molecule has 1 aliphatic rings. The van der Waals surface area contributed by atoms with Crippen LogP contribution < -0.4 is 5.32 Å². The highest BCUT2D eigenvalue weighted by atomic mass is 19.1. The molecule has 1 aromatic carbocycles. The van der Waals surface area contributed by atoms with Crippen LogP contribution in [0, 0.1) is 11.2 Å². The summed E-state index contributed by atoms with van der Waals surface area (Å²) in [4.78, 5) is 0. The first-order valence-electron chi connectivity index (χ1n) is 5.97. The zero-order valence-electron chi connectivity index (χ0n) is 10.3. The molecule has 0 saturated carbocycles. The fourth-order valence-electron chi connectivity index (χ4n) is 2.21. The quantitative estimate of drug-likeness (QED) is 0.806. The largest absolute Gasteiger partial charge is 0.309 e. The average molecular weight is 221 g/mol. The highest BCUT2D eigenvalue weighted by Crippen LogP contribution is 2.32. The number of hydrogen-bond donors (Lipinski definition) is 1. The predicted molar refractivity (Wildman–Crippen MR) is 64.9 cm³/mol. The van der Waals surface area contributed by atoms with Gasteiger partial charge in [0.25, 0.3) is 0 Å². The lowest BCUT2D eigenvalue weighted by molar-refractivity contribution is 0.351. The van der Waals surface area contributed by atoms with Crippen molar-refractivity contribution in [1.29, 1.82) is 0 Å². The maximum Gasteiger partial charge on any atom is 0.123 e. The van der Waals surface area contributed by atoms with Crippen molar-refractivity contribution >= 4 is 0 Å². The SMILES string of the molecule is CC(C)(C)CNC1CCc2ccc(F)cc21. The highest BCUT2D eigenvalue weighted by Gasteiger charge is 2.23. The minimum absolute atomic E-state index is 0.122. The van der Waals surface area contributed by atoms with Gasteiger partial charge in [-0.15, -0.1) is 0 Å². The van der Waals surface area contributed by atoms with Gasteiger partial charge in [-0.05, 0) is 41.5 Å². The lowest BCUT2D eigenvalue weighted by Crippen LogP contribution is -2.29. The molecule has 0 bridgehead atoms. The molecule has 16 heavy (non-hydrogen) atoms. The molecular formula is C14H20FN. The number of benzene rings is 1. The summed E-state index contributed by atoms with van der Waals surface area (Å²) in [5.41, 5.74) is 2.73. The van der Waals surface area contributed by atoms with Gasteiger partial charge in [0, 0.05) is 12.6 Å². The molecule has 88 valence electrons. The zero-order valence-corrected chi connectivity index (χ0v) is 10.3. The summed E-state index contributed by atoms with van der Waals surface area (Å²) in [6.07, 6.45) is 2.16. The third-order valence-electron chi connectivity index (χ3n) is 3.06. The normalized spacial score (nSPS) is 19.9. The van der Waals surface area contributed by atoms with E-state index in [2.05, 4.69) is 26.1 Å². The van der Waals surface area contributed by atoms with Crippen LogP contribution in [0.25, 0.3) is 0 Å². The number of fused-ring (bicyclic) bond motifs is 1. The Morgan fingerprint density at radius 1 is 1.38 bits per heavy atom. The van der Waals surface area contributed by atoms with Crippen molar-refractivity contribution in [2.24, 2.45) is 5.41 Å². The second kappa shape index (κ2) is 4.17. The van der Waals surface area contributed by atoms with Gasteiger partial charge in [0.05, 0.1) is 0 Å². The molecule has 1 N–H and O–H groups in total. The first-order valence-corrected chi connectivity index (χ1v) is 5.97. The lowest BCUT2D eigenvalue weighted by Gasteiger charge is -2.23. The molecule has 0 amide bonds. The zero-order chi connectivity index (χ0) is 11.8. The second-order valence-corrected chi connectivity index (χ2v) is 5.88. The summed E-state index contributed by atoms with van der Waals surface area (Å²) in [6.45, 7) is 7.60. The Morgan fingerprint density at radius 3 is 2.81 bits per heavy atom. The average Bonchev–Trinajstić information content (AvgIpc) is 2.56. The van der Waals surface area contributed by atoms with Crippen LogP contribution in [-0.4, -0.2) is 6.54 Å². The van der Waals surface area contributed by atoms with Crippen molar-refractivity contribution in [1.82, 2.24) is 5.32 Å². The number of rotatable bonds is 2. The molecule has 0 aromatic heterocycles. The standard InChI is InChI=1S/C14H20FN/c1-14(2,3)9-16-13-7-5-10-4-6-11(15)8-12(10)13/h4,6,8,13,16H,5,7,9H2,1-3H3. The predicted octanol–water partition coefficient (Wildman–Crippen LogP) is 3.45. The first-order chi connectivity index (χ1) is 7.46. The van der Waals surface area contributed by atoms with E-state index < -0.39 is 0 Å². The summed E-state index contributed by atoms with van der Waals surface area (Å²) in [5.74, 6) is -0.122. The van der Waals surface area contributed by atoms with Crippen molar-refractivity contribution < 1.29 is 4.39 Å². The van der Waals surface area contributed by atoms with E-state index in [1.54, 1.807) is 12.1 Å². The van der Waals surface area contributed by atoms with Gasteiger partial charge in [-0.2, -0.15) is 0 Å². The van der Waals surface area contributed by atoms with Gasteiger partial charge in [-0.25, -0.2) is 4.39 Å². The summed E-state index contributed by atoms with van der Waals surface area (Å²) < 4.78 is 13.2. The fraction of sp³-hybridized carbons (Fsp3) is 0.571. The van der Waals surface area contributed by atoms with Crippen molar-refractivity contribution in [3.8, 4) is 0 Å². The molecule has 0 fully saturated rings. The van der Waals surface area contributed by atoms with Gasteiger partial charge in [-0.1, -0.05) is 26.8 Å². The summed E-state index contributed by atoms with van der Waals surface area (Å²) in [6, 6.07) is 5.50. The Hall–Kier alpha value is -0.890. The van der Waals surface area contributed by atoms with Crippen LogP contribution in [0.5, 0.6) is 0 Å². The lowest BCUT2D eigenvalue weighted by atomic mass is 9.96. The summed E-state index contributed by atoms with van der Waals surface area (Å²) in [5, 5.41) is 3.54. The maximum absolute atomic E-state index is 13.2. The van der Waals surface area contributed by atoms with E-state index in [1.807, 2.05) is 6.07 Å². The minimum atomic E-state index is -0.122. The molecule has 1 atom stereocenters. The van der Waals surface area contributed by atoms with Crippen LogP contribution in [0.3, 0.4) is 0 Å². The number of aryl methyl sites for hydroxylation is 1. The Bertz CT molecular complexity index is 379. The smallest absolute Gasteiger partial charge is 0.123 e. The van der Waals surface area contributed by atoms with E-state index in [0.29, 0.717) is 6.04 Å². The van der Waals surface area contributed by atoms with E-state index >= 15 is 0 Å². The molecule has 1 aromatic rings. The Morgan fingerprint density at radius 2 is 2.12 bits per heavy atom. The van der Waals surface area contributed by atoms with Gasteiger partial charge in [-0.3, -0.25) is 0 Å². The Balaban J connectivity index is 2.08. The van der Waals surface area contributed by atoms with Crippen LogP contribution in [0.2, 0.25) is 0 Å². The molecule has 0 aliphatic heterocycles. The molecule has 0 spiro atoms. The van der Waals surface area contributed by atoms with E-state index in [1.165, 1.54) is 5.56 Å². The first kappa shape index (κ1) is 11.6. The van der Waals surface area contributed by atoms with Crippen molar-refractivity contribution in [2.75, 3.05) is 6.54 Å². The topological polar surface area (TPSA) is 12.0 Å². The fourth-order valence-corrected chi connectivity index (χ4v) is 2.21. The molecule has 0 radical (unpaired) electrons. The van der Waals surface area contributed by atoms with Crippen molar-refractivity contribution in [3.63, 3.8) is 0 Å². The third-order valence-corrected chi connectivity index (χ3v) is 3.06. The van der Waals surface area contributed by atoms with Crippen LogP contribution in [0.15, 0.2) is 18.2 Å². The van der Waals surface area contributed by atoms with Crippen LogP contribution in [-0.2, 0) is 6.42 Å².